The van der Waals surface area contributed by atoms with Gasteiger partial charge in [0.05, 0.1) is 6.61 Å². The first-order valence-electron chi connectivity index (χ1n) is 12.7. The van der Waals surface area contributed by atoms with Crippen molar-refractivity contribution >= 4 is 23.9 Å². The zero-order valence-electron chi connectivity index (χ0n) is 21.6. The summed E-state index contributed by atoms with van der Waals surface area (Å²) in [4.78, 5) is 50.2. The Morgan fingerprint density at radius 3 is 2.14 bits per heavy atom. The highest BCUT2D eigenvalue weighted by molar-refractivity contribution is 5.93. The van der Waals surface area contributed by atoms with Gasteiger partial charge in [-0.15, -0.1) is 0 Å². The van der Waals surface area contributed by atoms with Crippen molar-refractivity contribution < 1.29 is 29.0 Å². The van der Waals surface area contributed by atoms with Crippen LogP contribution in [0.3, 0.4) is 0 Å². The number of aliphatic carboxylic acids is 1. The largest absolute Gasteiger partial charge is 0.480 e. The Morgan fingerprint density at radius 2 is 1.56 bits per heavy atom. The molecule has 0 aliphatic carbocycles. The number of hydrogen-bond donors (Lipinski definition) is 5. The summed E-state index contributed by atoms with van der Waals surface area (Å²) in [5.74, 6) is -2.24. The van der Waals surface area contributed by atoms with Crippen molar-refractivity contribution in [2.24, 2.45) is 11.7 Å². The average Bonchev–Trinajstić information content (AvgIpc) is 2.83. The van der Waals surface area contributed by atoms with Gasteiger partial charge in [-0.3, -0.25) is 9.59 Å². The van der Waals surface area contributed by atoms with Gasteiger partial charge < -0.3 is 31.5 Å². The number of carboxylic acids is 1. The third-order valence-corrected chi connectivity index (χ3v) is 5.52. The third kappa shape index (κ3) is 12.5. The molecule has 10 heteroatoms. The lowest BCUT2D eigenvalue weighted by Gasteiger charge is -2.25. The molecule has 0 fully saturated rings. The Balaban J connectivity index is 2.98. The molecule has 0 heterocycles. The number of alkyl carbamates (subject to hydrolysis) is 1. The fourth-order valence-electron chi connectivity index (χ4n) is 3.55. The number of nitrogens with two attached hydrogens (primary N) is 1. The summed E-state index contributed by atoms with van der Waals surface area (Å²) in [6.45, 7) is 6.43. The van der Waals surface area contributed by atoms with Crippen molar-refractivity contribution in [3.8, 4) is 0 Å². The third-order valence-electron chi connectivity index (χ3n) is 5.52. The molecule has 0 radical (unpaired) electrons. The molecule has 1 aromatic rings. The van der Waals surface area contributed by atoms with Gasteiger partial charge in [-0.25, -0.2) is 9.59 Å². The van der Waals surface area contributed by atoms with Crippen LogP contribution in [0.1, 0.15) is 64.9 Å². The Kier molecular flexibility index (Phi) is 14.9. The Morgan fingerprint density at radius 1 is 0.917 bits per heavy atom. The highest BCUT2D eigenvalue weighted by Gasteiger charge is 2.30. The number of rotatable bonds is 17. The van der Waals surface area contributed by atoms with E-state index >= 15 is 0 Å². The van der Waals surface area contributed by atoms with Crippen LogP contribution in [0.4, 0.5) is 4.79 Å². The first-order chi connectivity index (χ1) is 17.2. The minimum Gasteiger partial charge on any atom is -0.480 e. The predicted molar refractivity (Wildman–Crippen MR) is 137 cm³/mol. The van der Waals surface area contributed by atoms with E-state index in [0.29, 0.717) is 32.2 Å². The first kappa shape index (κ1) is 30.9. The topological polar surface area (TPSA) is 160 Å². The number of carbonyl (C=O) groups excluding carboxylic acids is 3. The zero-order chi connectivity index (χ0) is 26.9. The zero-order valence-corrected chi connectivity index (χ0v) is 21.6. The molecule has 10 nitrogen and oxygen atoms in total. The van der Waals surface area contributed by atoms with Crippen molar-refractivity contribution in [3.63, 3.8) is 0 Å². The number of amides is 3. The lowest BCUT2D eigenvalue weighted by molar-refractivity contribution is -0.142. The number of carboxylic acid groups (broad SMARTS) is 1. The van der Waals surface area contributed by atoms with Crippen LogP contribution in [-0.4, -0.2) is 60.3 Å². The molecule has 0 aliphatic rings. The van der Waals surface area contributed by atoms with Gasteiger partial charge in [-0.05, 0) is 50.1 Å². The van der Waals surface area contributed by atoms with E-state index in [1.807, 2.05) is 51.1 Å². The second-order valence-corrected chi connectivity index (χ2v) is 9.25. The van der Waals surface area contributed by atoms with E-state index in [4.69, 9.17) is 10.5 Å². The molecule has 0 aliphatic heterocycles. The van der Waals surface area contributed by atoms with Crippen molar-refractivity contribution in [2.75, 3.05) is 13.2 Å². The molecule has 3 unspecified atom stereocenters. The number of nitrogens with one attached hydrogen (secondary N) is 3. The van der Waals surface area contributed by atoms with Gasteiger partial charge in [0.15, 0.2) is 0 Å². The fraction of sp³-hybridized carbons (Fsp3) is 0.615. The summed E-state index contributed by atoms with van der Waals surface area (Å²) in [7, 11) is 0. The molecule has 3 amide bonds. The number of carbonyl (C=O) groups is 4. The molecule has 0 saturated heterocycles. The second kappa shape index (κ2) is 17.3. The molecule has 0 saturated carbocycles. The van der Waals surface area contributed by atoms with Gasteiger partial charge >= 0.3 is 12.1 Å². The highest BCUT2D eigenvalue weighted by atomic mass is 16.5. The average molecular weight is 507 g/mol. The minimum absolute atomic E-state index is 0.0427. The molecular formula is C26H42N4O6. The Hall–Kier alpha value is -3.14. The molecule has 1 rings (SSSR count). The van der Waals surface area contributed by atoms with Crippen LogP contribution >= 0.6 is 0 Å². The van der Waals surface area contributed by atoms with Gasteiger partial charge in [0.25, 0.3) is 0 Å². The Labute approximate surface area is 213 Å². The normalized spacial score (nSPS) is 13.4. The standard InChI is InChI=1S/C26H42N4O6/c1-4-5-15-36-26(35)30-22(17-19-11-7-6-8-12-19)24(32)29-21(16-18(2)3)23(31)28-20(25(33)34)13-9-10-14-27/h6-8,11-12,18,20-22H,4-5,9-10,13-17,27H2,1-3H3,(H,28,31)(H,29,32)(H,30,35)(H,33,34). The SMILES string of the molecule is CCCCOC(=O)NC(Cc1ccccc1)C(=O)NC(CC(C)C)C(=O)NC(CCCCN)C(=O)O. The minimum atomic E-state index is -1.14. The number of benzene rings is 1. The molecule has 0 aromatic heterocycles. The van der Waals surface area contributed by atoms with Crippen molar-refractivity contribution in [3.05, 3.63) is 35.9 Å². The molecule has 202 valence electrons. The number of ether oxygens (including phenoxy) is 1. The summed E-state index contributed by atoms with van der Waals surface area (Å²) in [5, 5.41) is 17.4. The molecule has 36 heavy (non-hydrogen) atoms. The predicted octanol–water partition coefficient (Wildman–Crippen LogP) is 2.35. The molecule has 6 N–H and O–H groups in total. The van der Waals surface area contributed by atoms with Crippen LogP contribution in [0.2, 0.25) is 0 Å². The lowest BCUT2D eigenvalue weighted by Crippen LogP contribution is -2.56. The van der Waals surface area contributed by atoms with E-state index in [1.54, 1.807) is 0 Å². The van der Waals surface area contributed by atoms with Crippen LogP contribution in [0.25, 0.3) is 0 Å². The fourth-order valence-corrected chi connectivity index (χ4v) is 3.55. The smallest absolute Gasteiger partial charge is 0.407 e. The van der Waals surface area contributed by atoms with Gasteiger partial charge in [0, 0.05) is 6.42 Å². The van der Waals surface area contributed by atoms with E-state index in [-0.39, 0.29) is 25.4 Å². The molecular weight excluding hydrogens is 464 g/mol. The van der Waals surface area contributed by atoms with Crippen LogP contribution in [0.15, 0.2) is 30.3 Å². The van der Waals surface area contributed by atoms with E-state index in [0.717, 1.165) is 12.0 Å². The van der Waals surface area contributed by atoms with Crippen molar-refractivity contribution in [2.45, 2.75) is 83.8 Å². The molecule has 3 atom stereocenters. The summed E-state index contributed by atoms with van der Waals surface area (Å²) >= 11 is 0. The summed E-state index contributed by atoms with van der Waals surface area (Å²) in [5.41, 5.74) is 6.30. The van der Waals surface area contributed by atoms with E-state index in [2.05, 4.69) is 16.0 Å². The quantitative estimate of drug-likeness (QED) is 0.203. The number of unbranched alkanes of at least 4 members (excludes halogenated alkanes) is 2. The van der Waals surface area contributed by atoms with Gasteiger partial charge in [-0.2, -0.15) is 0 Å². The van der Waals surface area contributed by atoms with Gasteiger partial charge in [-0.1, -0.05) is 57.5 Å². The van der Waals surface area contributed by atoms with Crippen LogP contribution in [-0.2, 0) is 25.5 Å². The van der Waals surface area contributed by atoms with E-state index in [1.165, 1.54) is 0 Å². The van der Waals surface area contributed by atoms with Crippen LogP contribution in [0.5, 0.6) is 0 Å². The summed E-state index contributed by atoms with van der Waals surface area (Å²) in [6.07, 6.45) is 2.78. The number of hydrogen-bond acceptors (Lipinski definition) is 6. The molecule has 1 aromatic carbocycles. The summed E-state index contributed by atoms with van der Waals surface area (Å²) < 4.78 is 5.16. The van der Waals surface area contributed by atoms with E-state index in [9.17, 15) is 24.3 Å². The van der Waals surface area contributed by atoms with Crippen LogP contribution < -0.4 is 21.7 Å². The summed E-state index contributed by atoms with van der Waals surface area (Å²) in [6, 6.07) is 6.14. The van der Waals surface area contributed by atoms with E-state index < -0.39 is 42.0 Å². The lowest BCUT2D eigenvalue weighted by atomic mass is 10.0. The van der Waals surface area contributed by atoms with Crippen molar-refractivity contribution in [1.29, 1.82) is 0 Å². The van der Waals surface area contributed by atoms with Crippen molar-refractivity contribution in [1.82, 2.24) is 16.0 Å². The maximum absolute atomic E-state index is 13.2. The molecule has 0 bridgehead atoms. The second-order valence-electron chi connectivity index (χ2n) is 9.25. The van der Waals surface area contributed by atoms with Crippen LogP contribution in [0, 0.1) is 5.92 Å². The maximum atomic E-state index is 13.2. The first-order valence-corrected chi connectivity index (χ1v) is 12.7. The maximum Gasteiger partial charge on any atom is 0.407 e. The highest BCUT2D eigenvalue weighted by Crippen LogP contribution is 2.10. The Bertz CT molecular complexity index is 818. The van der Waals surface area contributed by atoms with Gasteiger partial charge in [0.2, 0.25) is 11.8 Å². The monoisotopic (exact) mass is 506 g/mol. The molecule has 0 spiro atoms. The van der Waals surface area contributed by atoms with Gasteiger partial charge in [0.1, 0.15) is 18.1 Å².